The molecule has 0 bridgehead atoms. The fraction of sp³-hybridized carbons (Fsp3) is 0.692. The summed E-state index contributed by atoms with van der Waals surface area (Å²) in [6.07, 6.45) is 3.19. The van der Waals surface area contributed by atoms with Crippen LogP contribution in [0.5, 0.6) is 0 Å². The molecule has 1 N–H and O–H groups in total. The van der Waals surface area contributed by atoms with Crippen LogP contribution in [0.3, 0.4) is 0 Å². The molecule has 0 saturated carbocycles. The van der Waals surface area contributed by atoms with Crippen LogP contribution in [-0.4, -0.2) is 36.4 Å². The molecule has 0 radical (unpaired) electrons. The fourth-order valence-corrected chi connectivity index (χ4v) is 2.04. The van der Waals surface area contributed by atoms with Gasteiger partial charge < -0.3 is 10.2 Å². The maximum atomic E-state index is 4.56. The second kappa shape index (κ2) is 7.46. The molecule has 1 aromatic rings. The Morgan fingerprint density at radius 3 is 2.67 bits per heavy atom. The quantitative estimate of drug-likeness (QED) is 0.608. The predicted octanol–water partition coefficient (Wildman–Crippen LogP) is 3.11. The van der Waals surface area contributed by atoms with E-state index in [1.165, 1.54) is 6.42 Å². The first kappa shape index (κ1) is 15.1. The topological polar surface area (TPSA) is 41.0 Å². The van der Waals surface area contributed by atoms with E-state index >= 15 is 0 Å². The van der Waals surface area contributed by atoms with Gasteiger partial charge in [0.1, 0.15) is 11.6 Å². The van der Waals surface area contributed by atoms with E-state index in [4.69, 9.17) is 0 Å². The Labute approximate surface area is 115 Å². The Kier molecular flexibility index (Phi) is 6.25. The van der Waals surface area contributed by atoms with Crippen molar-refractivity contribution in [2.24, 2.45) is 5.92 Å². The van der Waals surface area contributed by atoms with Crippen molar-refractivity contribution in [2.45, 2.75) is 32.3 Å². The summed E-state index contributed by atoms with van der Waals surface area (Å²) in [6.45, 7) is 8.45. The lowest BCUT2D eigenvalue weighted by atomic mass is 10.1. The van der Waals surface area contributed by atoms with Gasteiger partial charge in [0.15, 0.2) is 5.16 Å². The van der Waals surface area contributed by atoms with Gasteiger partial charge in [-0.2, -0.15) is 0 Å². The standard InChI is InChI=1S/C13H24N4S/c1-6-10(3)9-17(4)12-8-11(14-7-2)15-13(16-12)18-5/h8,10H,6-7,9H2,1-5H3,(H,14,15,16). The molecule has 0 aromatic carbocycles. The Hall–Kier alpha value is -0.970. The zero-order valence-electron chi connectivity index (χ0n) is 12.0. The average molecular weight is 268 g/mol. The van der Waals surface area contributed by atoms with E-state index in [0.717, 1.165) is 29.9 Å². The van der Waals surface area contributed by atoms with Crippen LogP contribution in [0.15, 0.2) is 11.2 Å². The summed E-state index contributed by atoms with van der Waals surface area (Å²) in [5, 5.41) is 4.07. The molecule has 0 spiro atoms. The molecule has 1 unspecified atom stereocenters. The molecule has 1 rings (SSSR count). The van der Waals surface area contributed by atoms with Crippen LogP contribution in [0.2, 0.25) is 0 Å². The van der Waals surface area contributed by atoms with Crippen LogP contribution in [0.1, 0.15) is 27.2 Å². The third-order valence-electron chi connectivity index (χ3n) is 2.91. The zero-order valence-corrected chi connectivity index (χ0v) is 12.8. The molecule has 5 heteroatoms. The molecule has 0 saturated heterocycles. The molecule has 102 valence electrons. The Bertz CT molecular complexity index is 370. The van der Waals surface area contributed by atoms with E-state index in [1.54, 1.807) is 11.8 Å². The molecule has 0 aliphatic carbocycles. The van der Waals surface area contributed by atoms with Gasteiger partial charge in [-0.1, -0.05) is 32.0 Å². The molecule has 1 aromatic heterocycles. The van der Waals surface area contributed by atoms with Crippen molar-refractivity contribution in [1.29, 1.82) is 0 Å². The van der Waals surface area contributed by atoms with E-state index in [-0.39, 0.29) is 0 Å². The van der Waals surface area contributed by atoms with Gasteiger partial charge in [-0.05, 0) is 19.1 Å². The fourth-order valence-electron chi connectivity index (χ4n) is 1.66. The lowest BCUT2D eigenvalue weighted by Crippen LogP contribution is -2.25. The smallest absolute Gasteiger partial charge is 0.191 e. The minimum atomic E-state index is 0.672. The molecule has 1 atom stereocenters. The Morgan fingerprint density at radius 1 is 1.39 bits per heavy atom. The van der Waals surface area contributed by atoms with E-state index in [9.17, 15) is 0 Å². The van der Waals surface area contributed by atoms with Crippen molar-refractivity contribution >= 4 is 23.4 Å². The first-order valence-electron chi connectivity index (χ1n) is 6.48. The minimum Gasteiger partial charge on any atom is -0.370 e. The molecule has 4 nitrogen and oxygen atoms in total. The van der Waals surface area contributed by atoms with Gasteiger partial charge in [-0.3, -0.25) is 0 Å². The Morgan fingerprint density at radius 2 is 2.11 bits per heavy atom. The molecule has 0 aliphatic rings. The number of nitrogens with zero attached hydrogens (tertiary/aromatic N) is 3. The lowest BCUT2D eigenvalue weighted by Gasteiger charge is -2.22. The number of anilines is 2. The molecule has 0 aliphatic heterocycles. The van der Waals surface area contributed by atoms with Crippen molar-refractivity contribution in [3.63, 3.8) is 0 Å². The number of aromatic nitrogens is 2. The van der Waals surface area contributed by atoms with Gasteiger partial charge in [0.05, 0.1) is 0 Å². The summed E-state index contributed by atoms with van der Waals surface area (Å²) < 4.78 is 0. The molecule has 18 heavy (non-hydrogen) atoms. The van der Waals surface area contributed by atoms with E-state index < -0.39 is 0 Å². The predicted molar refractivity (Wildman–Crippen MR) is 80.7 cm³/mol. The maximum absolute atomic E-state index is 4.56. The highest BCUT2D eigenvalue weighted by molar-refractivity contribution is 7.98. The minimum absolute atomic E-state index is 0.672. The lowest BCUT2D eigenvalue weighted by molar-refractivity contribution is 0.556. The van der Waals surface area contributed by atoms with Crippen molar-refractivity contribution in [3.05, 3.63) is 6.07 Å². The van der Waals surface area contributed by atoms with Crippen LogP contribution in [-0.2, 0) is 0 Å². The monoisotopic (exact) mass is 268 g/mol. The number of hydrogen-bond donors (Lipinski definition) is 1. The summed E-state index contributed by atoms with van der Waals surface area (Å²) >= 11 is 1.58. The van der Waals surface area contributed by atoms with Crippen LogP contribution in [0, 0.1) is 5.92 Å². The average Bonchev–Trinajstić information content (AvgIpc) is 2.38. The summed E-state index contributed by atoms with van der Waals surface area (Å²) in [6, 6.07) is 2.02. The number of hydrogen-bond acceptors (Lipinski definition) is 5. The second-order valence-corrected chi connectivity index (χ2v) is 5.30. The maximum Gasteiger partial charge on any atom is 0.191 e. The van der Waals surface area contributed by atoms with Gasteiger partial charge in [0.25, 0.3) is 0 Å². The van der Waals surface area contributed by atoms with Crippen molar-refractivity contribution in [2.75, 3.05) is 36.6 Å². The number of nitrogens with one attached hydrogen (secondary N) is 1. The summed E-state index contributed by atoms with van der Waals surface area (Å²) in [4.78, 5) is 11.2. The number of thioether (sulfide) groups is 1. The molecule has 0 amide bonds. The summed E-state index contributed by atoms with van der Waals surface area (Å²) in [5.74, 6) is 2.57. The van der Waals surface area contributed by atoms with Gasteiger partial charge in [0, 0.05) is 26.2 Å². The van der Waals surface area contributed by atoms with Crippen molar-refractivity contribution < 1.29 is 0 Å². The van der Waals surface area contributed by atoms with Crippen molar-refractivity contribution in [1.82, 2.24) is 9.97 Å². The van der Waals surface area contributed by atoms with Gasteiger partial charge in [-0.15, -0.1) is 0 Å². The van der Waals surface area contributed by atoms with E-state index in [0.29, 0.717) is 5.92 Å². The SMILES string of the molecule is CCNc1cc(N(C)CC(C)CC)nc(SC)n1. The Balaban J connectivity index is 2.88. The third kappa shape index (κ3) is 4.37. The number of rotatable bonds is 7. The summed E-state index contributed by atoms with van der Waals surface area (Å²) in [5.41, 5.74) is 0. The molecular formula is C13H24N4S. The molecular weight excluding hydrogens is 244 g/mol. The first-order valence-corrected chi connectivity index (χ1v) is 7.71. The van der Waals surface area contributed by atoms with Crippen molar-refractivity contribution in [3.8, 4) is 0 Å². The molecule has 1 heterocycles. The highest BCUT2D eigenvalue weighted by atomic mass is 32.2. The van der Waals surface area contributed by atoms with Gasteiger partial charge in [0.2, 0.25) is 0 Å². The van der Waals surface area contributed by atoms with Crippen LogP contribution < -0.4 is 10.2 Å². The highest BCUT2D eigenvalue weighted by Gasteiger charge is 2.10. The van der Waals surface area contributed by atoms with Crippen LogP contribution in [0.4, 0.5) is 11.6 Å². The highest BCUT2D eigenvalue weighted by Crippen LogP contribution is 2.20. The van der Waals surface area contributed by atoms with Gasteiger partial charge >= 0.3 is 0 Å². The first-order chi connectivity index (χ1) is 8.60. The molecule has 0 fully saturated rings. The van der Waals surface area contributed by atoms with Gasteiger partial charge in [-0.25, -0.2) is 9.97 Å². The van der Waals surface area contributed by atoms with E-state index in [1.807, 2.05) is 12.3 Å². The third-order valence-corrected chi connectivity index (χ3v) is 3.45. The summed E-state index contributed by atoms with van der Waals surface area (Å²) in [7, 11) is 2.09. The normalized spacial score (nSPS) is 12.3. The zero-order chi connectivity index (χ0) is 13.5. The van der Waals surface area contributed by atoms with Crippen LogP contribution in [0.25, 0.3) is 0 Å². The largest absolute Gasteiger partial charge is 0.370 e. The second-order valence-electron chi connectivity index (χ2n) is 4.52. The van der Waals surface area contributed by atoms with E-state index in [2.05, 4.69) is 48.0 Å². The van der Waals surface area contributed by atoms with Crippen LogP contribution >= 0.6 is 11.8 Å².